The molecule has 0 spiro atoms. The second kappa shape index (κ2) is 7.72. The van der Waals surface area contributed by atoms with E-state index in [2.05, 4.69) is 4.98 Å². The molecule has 2 aromatic heterocycles. The van der Waals surface area contributed by atoms with Crippen molar-refractivity contribution in [1.29, 1.82) is 5.26 Å². The van der Waals surface area contributed by atoms with Crippen molar-refractivity contribution in [3.8, 4) is 40.1 Å². The van der Waals surface area contributed by atoms with E-state index in [4.69, 9.17) is 19.6 Å². The Labute approximate surface area is 160 Å². The Balaban J connectivity index is 2.26. The van der Waals surface area contributed by atoms with E-state index in [1.54, 1.807) is 36.4 Å². The molecule has 2 heterocycles. The smallest absolute Gasteiger partial charge is 0.344 e. The number of nitriles is 1. The molecule has 8 heteroatoms. The van der Waals surface area contributed by atoms with Gasteiger partial charge in [0.15, 0.2) is 23.4 Å². The van der Waals surface area contributed by atoms with Crippen molar-refractivity contribution in [3.63, 3.8) is 0 Å². The highest BCUT2D eigenvalue weighted by Crippen LogP contribution is 2.42. The van der Waals surface area contributed by atoms with Crippen LogP contribution < -0.4 is 15.2 Å². The van der Waals surface area contributed by atoms with Crippen LogP contribution in [0, 0.1) is 11.3 Å². The molecular formula is C20H17N3O5. The van der Waals surface area contributed by atoms with E-state index in [-0.39, 0.29) is 17.1 Å². The maximum Gasteiger partial charge on any atom is 0.344 e. The molecule has 1 aromatic carbocycles. The third-order valence-corrected chi connectivity index (χ3v) is 4.06. The Morgan fingerprint density at radius 3 is 2.71 bits per heavy atom. The Morgan fingerprint density at radius 1 is 1.32 bits per heavy atom. The molecule has 1 atom stereocenters. The van der Waals surface area contributed by atoms with Crippen LogP contribution in [0.5, 0.6) is 11.5 Å². The summed E-state index contributed by atoms with van der Waals surface area (Å²) in [6.45, 7) is 1.40. The number of hydrogen-bond donors (Lipinski definition) is 2. The number of carboxylic acid groups (broad SMARTS) is 1. The second-order valence-corrected chi connectivity index (χ2v) is 5.84. The van der Waals surface area contributed by atoms with Crippen LogP contribution in [0.1, 0.15) is 12.5 Å². The summed E-state index contributed by atoms with van der Waals surface area (Å²) in [6, 6.07) is 12.1. The number of carbonyl (C=O) groups is 1. The molecule has 1 unspecified atom stereocenters. The molecule has 3 N–H and O–H groups in total. The average molecular weight is 379 g/mol. The molecule has 0 saturated heterocycles. The molecule has 0 fully saturated rings. The third kappa shape index (κ3) is 3.46. The van der Waals surface area contributed by atoms with Gasteiger partial charge in [-0.2, -0.15) is 5.26 Å². The molecule has 28 heavy (non-hydrogen) atoms. The minimum absolute atomic E-state index is 0.0199. The van der Waals surface area contributed by atoms with Crippen LogP contribution in [-0.2, 0) is 4.79 Å². The lowest BCUT2D eigenvalue weighted by Gasteiger charge is -2.18. The highest BCUT2D eigenvalue weighted by molar-refractivity contribution is 5.84. The van der Waals surface area contributed by atoms with Gasteiger partial charge in [0.1, 0.15) is 23.1 Å². The standard InChI is InChI=1S/C20H17N3O5/c1-11(20(24)25)28-18-12(5-3-6-17(18)26-2)13-9-15(16-7-4-8-27-16)23-19(22)14(13)10-21/h3-9,11H,1-2H3,(H2,22,23)(H,24,25). The summed E-state index contributed by atoms with van der Waals surface area (Å²) in [5, 5.41) is 18.8. The lowest BCUT2D eigenvalue weighted by atomic mass is 9.98. The maximum absolute atomic E-state index is 11.3. The summed E-state index contributed by atoms with van der Waals surface area (Å²) in [5.74, 6) is -0.132. The largest absolute Gasteiger partial charge is 0.493 e. The summed E-state index contributed by atoms with van der Waals surface area (Å²) >= 11 is 0. The van der Waals surface area contributed by atoms with Gasteiger partial charge in [-0.1, -0.05) is 12.1 Å². The van der Waals surface area contributed by atoms with Crippen molar-refractivity contribution >= 4 is 11.8 Å². The van der Waals surface area contributed by atoms with E-state index in [9.17, 15) is 15.2 Å². The number of aromatic nitrogens is 1. The number of nitrogens with two attached hydrogens (primary N) is 1. The van der Waals surface area contributed by atoms with E-state index < -0.39 is 12.1 Å². The second-order valence-electron chi connectivity index (χ2n) is 5.84. The van der Waals surface area contributed by atoms with Crippen LogP contribution in [0.25, 0.3) is 22.6 Å². The van der Waals surface area contributed by atoms with Crippen LogP contribution in [0.3, 0.4) is 0 Å². The first-order chi connectivity index (χ1) is 13.5. The predicted octanol–water partition coefficient (Wildman–Crippen LogP) is 3.32. The van der Waals surface area contributed by atoms with Crippen LogP contribution in [0.4, 0.5) is 5.82 Å². The van der Waals surface area contributed by atoms with Crippen LogP contribution >= 0.6 is 0 Å². The summed E-state index contributed by atoms with van der Waals surface area (Å²) in [5.41, 5.74) is 7.44. The zero-order valence-corrected chi connectivity index (χ0v) is 15.2. The number of nitrogens with zero attached hydrogens (tertiary/aromatic N) is 2. The quantitative estimate of drug-likeness (QED) is 0.666. The van der Waals surface area contributed by atoms with Crippen molar-refractivity contribution in [2.45, 2.75) is 13.0 Å². The number of para-hydroxylation sites is 1. The number of furan rings is 1. The predicted molar refractivity (Wildman–Crippen MR) is 101 cm³/mol. The fourth-order valence-electron chi connectivity index (χ4n) is 2.68. The van der Waals surface area contributed by atoms with E-state index in [0.29, 0.717) is 28.3 Å². The third-order valence-electron chi connectivity index (χ3n) is 4.06. The van der Waals surface area contributed by atoms with Gasteiger partial charge in [-0.3, -0.25) is 0 Å². The van der Waals surface area contributed by atoms with Crippen molar-refractivity contribution in [2.75, 3.05) is 12.8 Å². The average Bonchev–Trinajstić information content (AvgIpc) is 3.22. The number of anilines is 1. The molecule has 0 aliphatic heterocycles. The SMILES string of the molecule is COc1cccc(-c2cc(-c3ccco3)nc(N)c2C#N)c1OC(C)C(=O)O. The van der Waals surface area contributed by atoms with Gasteiger partial charge >= 0.3 is 5.97 Å². The van der Waals surface area contributed by atoms with E-state index in [0.717, 1.165) is 0 Å². The first-order valence-corrected chi connectivity index (χ1v) is 8.27. The number of benzene rings is 1. The Bertz CT molecular complexity index is 1050. The van der Waals surface area contributed by atoms with Gasteiger partial charge in [-0.25, -0.2) is 9.78 Å². The summed E-state index contributed by atoms with van der Waals surface area (Å²) in [6.07, 6.45) is 0.365. The van der Waals surface area contributed by atoms with Gasteiger partial charge in [0.2, 0.25) is 0 Å². The number of pyridine rings is 1. The fourth-order valence-corrected chi connectivity index (χ4v) is 2.68. The molecular weight excluding hydrogens is 362 g/mol. The number of aliphatic carboxylic acids is 1. The Hall–Kier alpha value is -3.99. The summed E-state index contributed by atoms with van der Waals surface area (Å²) < 4.78 is 16.3. The first-order valence-electron chi connectivity index (χ1n) is 8.27. The maximum atomic E-state index is 11.3. The Morgan fingerprint density at radius 2 is 2.11 bits per heavy atom. The molecule has 0 aliphatic carbocycles. The number of ether oxygens (including phenoxy) is 2. The number of methoxy groups -OCH3 is 1. The summed E-state index contributed by atoms with van der Waals surface area (Å²) in [7, 11) is 1.44. The zero-order valence-electron chi connectivity index (χ0n) is 15.2. The molecule has 0 amide bonds. The van der Waals surface area contributed by atoms with Gasteiger partial charge in [0.05, 0.1) is 13.4 Å². The molecule has 0 aliphatic rings. The highest BCUT2D eigenvalue weighted by Gasteiger charge is 2.23. The van der Waals surface area contributed by atoms with Crippen molar-refractivity contribution < 1.29 is 23.8 Å². The van der Waals surface area contributed by atoms with Crippen LogP contribution in [0.15, 0.2) is 47.1 Å². The normalized spacial score (nSPS) is 11.5. The van der Waals surface area contributed by atoms with Gasteiger partial charge < -0.3 is 24.7 Å². The van der Waals surface area contributed by atoms with Gasteiger partial charge in [-0.05, 0) is 31.2 Å². The fraction of sp³-hybridized carbons (Fsp3) is 0.150. The number of hydrogen-bond acceptors (Lipinski definition) is 7. The van der Waals surface area contributed by atoms with E-state index >= 15 is 0 Å². The highest BCUT2D eigenvalue weighted by atomic mass is 16.5. The number of nitrogen functional groups attached to an aromatic ring is 1. The van der Waals surface area contributed by atoms with E-state index in [1.807, 2.05) is 6.07 Å². The molecule has 0 bridgehead atoms. The minimum atomic E-state index is -1.14. The molecule has 8 nitrogen and oxygen atoms in total. The molecule has 0 radical (unpaired) electrons. The summed E-state index contributed by atoms with van der Waals surface area (Å²) in [4.78, 5) is 15.5. The van der Waals surface area contributed by atoms with Gasteiger partial charge in [-0.15, -0.1) is 0 Å². The van der Waals surface area contributed by atoms with Crippen molar-refractivity contribution in [2.24, 2.45) is 0 Å². The van der Waals surface area contributed by atoms with Crippen molar-refractivity contribution in [3.05, 3.63) is 48.2 Å². The number of carboxylic acids is 1. The van der Waals surface area contributed by atoms with Crippen LogP contribution in [0.2, 0.25) is 0 Å². The molecule has 142 valence electrons. The topological polar surface area (TPSA) is 132 Å². The number of rotatable bonds is 6. The minimum Gasteiger partial charge on any atom is -0.493 e. The van der Waals surface area contributed by atoms with E-state index in [1.165, 1.54) is 20.3 Å². The van der Waals surface area contributed by atoms with Gasteiger partial charge in [0.25, 0.3) is 0 Å². The monoisotopic (exact) mass is 379 g/mol. The molecule has 3 aromatic rings. The zero-order chi connectivity index (χ0) is 20.3. The molecule has 0 saturated carbocycles. The molecule has 3 rings (SSSR count). The lowest BCUT2D eigenvalue weighted by molar-refractivity contribution is -0.144. The Kier molecular flexibility index (Phi) is 5.18. The van der Waals surface area contributed by atoms with Crippen molar-refractivity contribution in [1.82, 2.24) is 4.98 Å². The first kappa shape index (κ1) is 18.8. The van der Waals surface area contributed by atoms with Crippen LogP contribution in [-0.4, -0.2) is 29.3 Å². The lowest BCUT2D eigenvalue weighted by Crippen LogP contribution is -2.23. The van der Waals surface area contributed by atoms with Gasteiger partial charge in [0, 0.05) is 11.1 Å².